The van der Waals surface area contributed by atoms with E-state index in [1.54, 1.807) is 13.2 Å². The molecule has 3 aliphatic carbocycles. The normalized spacial score (nSPS) is 31.3. The lowest BCUT2D eigenvalue weighted by molar-refractivity contribution is -0.175. The second-order valence-corrected chi connectivity index (χ2v) is 9.74. The van der Waals surface area contributed by atoms with E-state index in [1.165, 1.54) is 6.92 Å². The summed E-state index contributed by atoms with van der Waals surface area (Å²) in [7, 11) is 1.55. The number of hydrogen-bond acceptors (Lipinski definition) is 9. The van der Waals surface area contributed by atoms with Gasteiger partial charge in [-0.05, 0) is 56.2 Å². The van der Waals surface area contributed by atoms with Gasteiger partial charge in [0, 0.05) is 5.56 Å². The van der Waals surface area contributed by atoms with Crippen LogP contribution < -0.4 is 9.47 Å². The van der Waals surface area contributed by atoms with Gasteiger partial charge < -0.3 is 34.3 Å². The monoisotopic (exact) mass is 488 g/mol. The number of carboxylic acids is 1. The highest BCUT2D eigenvalue weighted by Gasteiger charge is 2.71. The maximum Gasteiger partial charge on any atom is 0.352 e. The van der Waals surface area contributed by atoms with Crippen LogP contribution in [0.2, 0.25) is 0 Å². The van der Waals surface area contributed by atoms with Crippen molar-refractivity contribution in [2.24, 2.45) is 5.92 Å². The second-order valence-electron chi connectivity index (χ2n) is 9.74. The quantitative estimate of drug-likeness (QED) is 0.481. The molecular formula is C25H28O10. The van der Waals surface area contributed by atoms with Crippen LogP contribution in [0.15, 0.2) is 24.0 Å². The third-order valence-corrected chi connectivity index (χ3v) is 7.95. The van der Waals surface area contributed by atoms with Crippen LogP contribution in [-0.4, -0.2) is 64.3 Å². The summed E-state index contributed by atoms with van der Waals surface area (Å²) in [5.41, 5.74) is 0.156. The predicted molar refractivity (Wildman–Crippen MR) is 118 cm³/mol. The Morgan fingerprint density at radius 2 is 2.03 bits per heavy atom. The molecule has 1 aromatic rings. The highest BCUT2D eigenvalue weighted by atomic mass is 16.6. The van der Waals surface area contributed by atoms with Gasteiger partial charge in [0.1, 0.15) is 5.76 Å². The number of aliphatic hydroxyl groups is 2. The van der Waals surface area contributed by atoms with Crippen LogP contribution in [0.1, 0.15) is 50.2 Å². The number of carbonyl (C=O) groups excluding carboxylic acids is 2. The lowest BCUT2D eigenvalue weighted by Gasteiger charge is -2.59. The minimum absolute atomic E-state index is 0.0401. The average Bonchev–Trinajstić information content (AvgIpc) is 3.15. The van der Waals surface area contributed by atoms with Crippen molar-refractivity contribution >= 4 is 17.9 Å². The molecule has 0 amide bonds. The van der Waals surface area contributed by atoms with E-state index in [0.29, 0.717) is 17.9 Å². The van der Waals surface area contributed by atoms with E-state index in [-0.39, 0.29) is 18.1 Å². The van der Waals surface area contributed by atoms with E-state index in [4.69, 9.17) is 24.1 Å². The van der Waals surface area contributed by atoms with Gasteiger partial charge in [0.2, 0.25) is 0 Å². The summed E-state index contributed by atoms with van der Waals surface area (Å²) < 4.78 is 22.5. The Bertz CT molecular complexity index is 1130. The van der Waals surface area contributed by atoms with Gasteiger partial charge in [-0.15, -0.1) is 0 Å². The minimum atomic E-state index is -1.90. The molecule has 1 spiro atoms. The summed E-state index contributed by atoms with van der Waals surface area (Å²) in [5.74, 6) is -2.16. The van der Waals surface area contributed by atoms with E-state index in [2.05, 4.69) is 0 Å². The van der Waals surface area contributed by atoms with Crippen molar-refractivity contribution in [1.29, 1.82) is 0 Å². The van der Waals surface area contributed by atoms with Crippen molar-refractivity contribution in [3.05, 3.63) is 35.1 Å². The molecule has 35 heavy (non-hydrogen) atoms. The molecule has 10 nitrogen and oxygen atoms in total. The molecule has 3 N–H and O–H groups in total. The number of esters is 2. The largest absolute Gasteiger partial charge is 0.493 e. The topological polar surface area (TPSA) is 149 Å². The molecule has 1 fully saturated rings. The fourth-order valence-corrected chi connectivity index (χ4v) is 6.43. The fraction of sp³-hybridized carbons (Fsp3) is 0.560. The molecule has 2 bridgehead atoms. The lowest BCUT2D eigenvalue weighted by atomic mass is 9.47. The number of hydrogen-bond donors (Lipinski definition) is 3. The standard InChI is InChI=1S/C25H28O10/c1-12(33-23(30)15(26)11-18(27)28)22(29)34-17-7-9-25(31)14-4-3-8-24(25)19-13(10-14)5-6-16(32-2)20(19)35-21(17)24/h5-7,12,14-15,21,26,31H,3-4,8-11H2,1-2H3,(H,27,28)/t12-,14-,15-,21+,24+,25-/m0/s1. The molecule has 6 atom stereocenters. The van der Waals surface area contributed by atoms with E-state index >= 15 is 0 Å². The van der Waals surface area contributed by atoms with E-state index in [0.717, 1.165) is 30.4 Å². The van der Waals surface area contributed by atoms with E-state index in [1.807, 2.05) is 12.1 Å². The molecule has 0 unspecified atom stereocenters. The molecule has 0 aromatic heterocycles. The molecule has 0 radical (unpaired) electrons. The molecule has 10 heteroatoms. The first-order valence-electron chi connectivity index (χ1n) is 11.7. The lowest BCUT2D eigenvalue weighted by Crippen LogP contribution is -2.67. The van der Waals surface area contributed by atoms with Crippen LogP contribution in [0, 0.1) is 5.92 Å². The first kappa shape index (κ1) is 23.6. The number of rotatable bonds is 7. The summed E-state index contributed by atoms with van der Waals surface area (Å²) in [6, 6.07) is 3.86. The zero-order chi connectivity index (χ0) is 25.1. The van der Waals surface area contributed by atoms with Gasteiger partial charge in [0.25, 0.3) is 0 Å². The Hall–Kier alpha value is -3.11. The van der Waals surface area contributed by atoms with Crippen molar-refractivity contribution in [2.75, 3.05) is 7.11 Å². The highest BCUT2D eigenvalue weighted by molar-refractivity contribution is 5.84. The molecule has 188 valence electrons. The van der Waals surface area contributed by atoms with Crippen molar-refractivity contribution in [3.8, 4) is 11.5 Å². The average molecular weight is 488 g/mol. The third kappa shape index (κ3) is 3.34. The number of methoxy groups -OCH3 is 1. The zero-order valence-corrected chi connectivity index (χ0v) is 19.5. The van der Waals surface area contributed by atoms with Crippen LogP contribution in [0.3, 0.4) is 0 Å². The maximum absolute atomic E-state index is 12.8. The van der Waals surface area contributed by atoms with Gasteiger partial charge >= 0.3 is 17.9 Å². The molecule has 1 aliphatic heterocycles. The van der Waals surface area contributed by atoms with E-state index in [9.17, 15) is 24.6 Å². The fourth-order valence-electron chi connectivity index (χ4n) is 6.43. The Kier molecular flexibility index (Phi) is 5.56. The summed E-state index contributed by atoms with van der Waals surface area (Å²) >= 11 is 0. The van der Waals surface area contributed by atoms with Gasteiger partial charge in [-0.3, -0.25) is 4.79 Å². The van der Waals surface area contributed by atoms with Crippen LogP contribution in [0.25, 0.3) is 0 Å². The summed E-state index contributed by atoms with van der Waals surface area (Å²) in [4.78, 5) is 35.4. The van der Waals surface area contributed by atoms with Gasteiger partial charge in [0.05, 0.1) is 24.5 Å². The van der Waals surface area contributed by atoms with Gasteiger partial charge in [-0.2, -0.15) is 0 Å². The second kappa shape index (κ2) is 8.23. The molecule has 1 aromatic carbocycles. The first-order valence-corrected chi connectivity index (χ1v) is 11.7. The van der Waals surface area contributed by atoms with Gasteiger partial charge in [-0.25, -0.2) is 9.59 Å². The third-order valence-electron chi connectivity index (χ3n) is 7.95. The van der Waals surface area contributed by atoms with Crippen LogP contribution >= 0.6 is 0 Å². The van der Waals surface area contributed by atoms with Crippen molar-refractivity contribution < 1.29 is 48.7 Å². The number of carboxylic acid groups (broad SMARTS) is 1. The molecule has 1 saturated carbocycles. The Labute approximate surface area is 201 Å². The van der Waals surface area contributed by atoms with E-state index < -0.39 is 53.7 Å². The van der Waals surface area contributed by atoms with Crippen LogP contribution in [-0.2, 0) is 35.7 Å². The zero-order valence-electron chi connectivity index (χ0n) is 19.5. The van der Waals surface area contributed by atoms with Gasteiger partial charge in [0.15, 0.2) is 29.8 Å². The Balaban J connectivity index is 1.43. The molecule has 1 heterocycles. The maximum atomic E-state index is 12.8. The molecule has 4 aliphatic rings. The SMILES string of the molecule is COc1ccc2c3c1O[C@@H]1C(OC(=O)[C@H](C)OC(=O)[C@@H](O)CC(=O)O)=CC[C@]4(O)[C@@H](CCC[C@@]314)C2. The van der Waals surface area contributed by atoms with Crippen molar-refractivity contribution in [3.63, 3.8) is 0 Å². The predicted octanol–water partition coefficient (Wildman–Crippen LogP) is 1.38. The Morgan fingerprint density at radius 1 is 1.26 bits per heavy atom. The van der Waals surface area contributed by atoms with Crippen LogP contribution in [0.4, 0.5) is 0 Å². The van der Waals surface area contributed by atoms with Crippen molar-refractivity contribution in [2.45, 2.75) is 74.8 Å². The summed E-state index contributed by atoms with van der Waals surface area (Å²) in [6.07, 6.45) is 0.201. The smallest absolute Gasteiger partial charge is 0.352 e. The number of aliphatic carboxylic acids is 1. The summed E-state index contributed by atoms with van der Waals surface area (Å²) in [6.45, 7) is 1.27. The number of ether oxygens (including phenoxy) is 4. The minimum Gasteiger partial charge on any atom is -0.493 e. The molecular weight excluding hydrogens is 460 g/mol. The molecule has 0 saturated heterocycles. The highest BCUT2D eigenvalue weighted by Crippen LogP contribution is 2.67. The first-order chi connectivity index (χ1) is 16.6. The molecule has 5 rings (SSSR count). The Morgan fingerprint density at radius 3 is 2.74 bits per heavy atom. The number of carbonyl (C=O) groups is 3. The van der Waals surface area contributed by atoms with Gasteiger partial charge in [-0.1, -0.05) is 12.5 Å². The summed E-state index contributed by atoms with van der Waals surface area (Å²) in [5, 5.41) is 30.4. The number of benzene rings is 1. The van der Waals surface area contributed by atoms with Crippen LogP contribution in [0.5, 0.6) is 11.5 Å². The van der Waals surface area contributed by atoms with Crippen molar-refractivity contribution in [1.82, 2.24) is 0 Å². The number of aliphatic hydroxyl groups excluding tert-OH is 1.